The third kappa shape index (κ3) is 3.89. The van der Waals surface area contributed by atoms with Crippen molar-refractivity contribution in [2.24, 2.45) is 5.92 Å². The maximum absolute atomic E-state index is 12.0. The summed E-state index contributed by atoms with van der Waals surface area (Å²) in [7, 11) is 0. The zero-order valence-electron chi connectivity index (χ0n) is 11.3. The smallest absolute Gasteiger partial charge is 0.335 e. The summed E-state index contributed by atoms with van der Waals surface area (Å²) in [6.07, 6.45) is 0. The van der Waals surface area contributed by atoms with Gasteiger partial charge in [0.2, 0.25) is 0 Å². The second kappa shape index (κ2) is 6.81. The number of aliphatic hydroxyl groups is 1. The molecule has 0 bridgehead atoms. The van der Waals surface area contributed by atoms with Crippen LogP contribution in [0, 0.1) is 5.92 Å². The Morgan fingerprint density at radius 3 is 2.00 bits per heavy atom. The van der Waals surface area contributed by atoms with Gasteiger partial charge in [-0.1, -0.05) is 13.8 Å². The Morgan fingerprint density at radius 1 is 1.10 bits per heavy atom. The van der Waals surface area contributed by atoms with Crippen LogP contribution in [0.4, 0.5) is 0 Å². The van der Waals surface area contributed by atoms with Crippen LogP contribution < -0.4 is 5.32 Å². The predicted octanol–water partition coefficient (Wildman–Crippen LogP) is 0.701. The summed E-state index contributed by atoms with van der Waals surface area (Å²) in [5.74, 6) is -2.18. The maximum atomic E-state index is 12.0. The van der Waals surface area contributed by atoms with Crippen molar-refractivity contribution in [2.75, 3.05) is 6.61 Å². The highest BCUT2D eigenvalue weighted by Gasteiger charge is 2.23. The molecule has 0 saturated carbocycles. The number of carboxylic acids is 1. The molecule has 0 unspecified atom stereocenters. The Balaban J connectivity index is 2.84. The van der Waals surface area contributed by atoms with Gasteiger partial charge in [0.15, 0.2) is 5.78 Å². The number of amides is 1. The molecule has 0 heterocycles. The van der Waals surface area contributed by atoms with Crippen LogP contribution >= 0.6 is 0 Å². The predicted molar refractivity (Wildman–Crippen MR) is 71.6 cm³/mol. The van der Waals surface area contributed by atoms with Gasteiger partial charge in [-0.3, -0.25) is 9.59 Å². The van der Waals surface area contributed by atoms with Crippen molar-refractivity contribution in [2.45, 2.75) is 19.9 Å². The fourth-order valence-corrected chi connectivity index (χ4v) is 1.71. The molecular weight excluding hydrogens is 262 g/mol. The SMILES string of the molecule is CC(C)[C@H](NC(=O)c1ccc(C(=O)O)cc1)C(=O)CO. The van der Waals surface area contributed by atoms with Gasteiger partial charge in [-0.2, -0.15) is 0 Å². The van der Waals surface area contributed by atoms with Gasteiger partial charge < -0.3 is 15.5 Å². The number of rotatable bonds is 6. The van der Waals surface area contributed by atoms with Crippen molar-refractivity contribution in [3.63, 3.8) is 0 Å². The molecule has 0 aliphatic heterocycles. The molecule has 0 saturated heterocycles. The highest BCUT2D eigenvalue weighted by Crippen LogP contribution is 2.08. The molecule has 0 aliphatic carbocycles. The molecule has 1 atom stereocenters. The third-order valence-electron chi connectivity index (χ3n) is 2.85. The van der Waals surface area contributed by atoms with Crippen LogP contribution in [0.25, 0.3) is 0 Å². The van der Waals surface area contributed by atoms with E-state index >= 15 is 0 Å². The Hall–Kier alpha value is -2.21. The van der Waals surface area contributed by atoms with Crippen molar-refractivity contribution in [1.29, 1.82) is 0 Å². The lowest BCUT2D eigenvalue weighted by atomic mass is 9.99. The van der Waals surface area contributed by atoms with Crippen LogP contribution in [0.2, 0.25) is 0 Å². The third-order valence-corrected chi connectivity index (χ3v) is 2.85. The van der Waals surface area contributed by atoms with Gasteiger partial charge in [0.1, 0.15) is 6.61 Å². The maximum Gasteiger partial charge on any atom is 0.335 e. The van der Waals surface area contributed by atoms with Crippen molar-refractivity contribution < 1.29 is 24.6 Å². The molecule has 1 amide bonds. The average Bonchev–Trinajstić information content (AvgIpc) is 2.43. The van der Waals surface area contributed by atoms with E-state index in [0.29, 0.717) is 0 Å². The standard InChI is InChI=1S/C14H17NO5/c1-8(2)12(11(17)7-16)15-13(18)9-3-5-10(6-4-9)14(19)20/h3-6,8,12,16H,7H2,1-2H3,(H,15,18)(H,19,20)/t12-/m0/s1. The fraction of sp³-hybridized carbons (Fsp3) is 0.357. The molecule has 0 aliphatic rings. The van der Waals surface area contributed by atoms with E-state index in [1.165, 1.54) is 24.3 Å². The number of Topliss-reactive ketones (excluding diaryl/α,β-unsaturated/α-hetero) is 1. The average molecular weight is 279 g/mol. The number of nitrogens with one attached hydrogen (secondary N) is 1. The normalized spacial score (nSPS) is 12.0. The summed E-state index contributed by atoms with van der Waals surface area (Å²) in [5.41, 5.74) is 0.333. The summed E-state index contributed by atoms with van der Waals surface area (Å²) in [6.45, 7) is 2.87. The Kier molecular flexibility index (Phi) is 5.40. The van der Waals surface area contributed by atoms with Gasteiger partial charge in [-0.05, 0) is 30.2 Å². The quantitative estimate of drug-likeness (QED) is 0.711. The largest absolute Gasteiger partial charge is 0.478 e. The van der Waals surface area contributed by atoms with Crippen LogP contribution in [0.5, 0.6) is 0 Å². The van der Waals surface area contributed by atoms with Crippen LogP contribution in [-0.4, -0.2) is 40.5 Å². The van der Waals surface area contributed by atoms with Gasteiger partial charge in [-0.15, -0.1) is 0 Å². The Bertz CT molecular complexity index is 507. The number of carbonyl (C=O) groups is 3. The molecule has 0 aromatic heterocycles. The van der Waals surface area contributed by atoms with Gasteiger partial charge in [0.25, 0.3) is 5.91 Å². The minimum absolute atomic E-state index is 0.0772. The van der Waals surface area contributed by atoms with Gasteiger partial charge in [0.05, 0.1) is 11.6 Å². The van der Waals surface area contributed by atoms with Crippen molar-refractivity contribution in [3.05, 3.63) is 35.4 Å². The van der Waals surface area contributed by atoms with Crippen molar-refractivity contribution >= 4 is 17.7 Å². The highest BCUT2D eigenvalue weighted by atomic mass is 16.4. The minimum atomic E-state index is -1.08. The van der Waals surface area contributed by atoms with E-state index < -0.39 is 30.3 Å². The molecule has 0 spiro atoms. The number of carboxylic acid groups (broad SMARTS) is 1. The molecule has 0 radical (unpaired) electrons. The van der Waals surface area contributed by atoms with Gasteiger partial charge in [0, 0.05) is 5.56 Å². The van der Waals surface area contributed by atoms with Crippen molar-refractivity contribution in [3.8, 4) is 0 Å². The molecular formula is C14H17NO5. The van der Waals surface area contributed by atoms with E-state index in [0.717, 1.165) is 0 Å². The molecule has 1 aromatic rings. The molecule has 6 heteroatoms. The second-order valence-electron chi connectivity index (χ2n) is 4.70. The second-order valence-corrected chi connectivity index (χ2v) is 4.70. The molecule has 108 valence electrons. The molecule has 1 rings (SSSR count). The van der Waals surface area contributed by atoms with Gasteiger partial charge >= 0.3 is 5.97 Å². The number of benzene rings is 1. The van der Waals surface area contributed by atoms with E-state index in [1.54, 1.807) is 13.8 Å². The van der Waals surface area contributed by atoms with Crippen LogP contribution in [-0.2, 0) is 4.79 Å². The van der Waals surface area contributed by atoms with E-state index in [4.69, 9.17) is 10.2 Å². The summed E-state index contributed by atoms with van der Waals surface area (Å²) < 4.78 is 0. The Morgan fingerprint density at radius 2 is 1.60 bits per heavy atom. The molecule has 20 heavy (non-hydrogen) atoms. The van der Waals surface area contributed by atoms with Crippen LogP contribution in [0.3, 0.4) is 0 Å². The minimum Gasteiger partial charge on any atom is -0.478 e. The lowest BCUT2D eigenvalue weighted by molar-refractivity contribution is -0.124. The number of hydrogen-bond acceptors (Lipinski definition) is 4. The topological polar surface area (TPSA) is 104 Å². The number of ketones is 1. The van der Waals surface area contributed by atoms with Gasteiger partial charge in [-0.25, -0.2) is 4.79 Å². The van der Waals surface area contributed by atoms with E-state index in [1.807, 2.05) is 0 Å². The molecule has 3 N–H and O–H groups in total. The summed E-state index contributed by atoms with van der Waals surface area (Å²) in [5, 5.41) is 20.2. The summed E-state index contributed by atoms with van der Waals surface area (Å²) >= 11 is 0. The highest BCUT2D eigenvalue weighted by molar-refractivity contribution is 5.99. The lowest BCUT2D eigenvalue weighted by Gasteiger charge is -2.20. The first-order chi connectivity index (χ1) is 9.36. The number of carbonyl (C=O) groups excluding carboxylic acids is 2. The Labute approximate surface area is 116 Å². The first-order valence-electron chi connectivity index (χ1n) is 6.14. The van der Waals surface area contributed by atoms with E-state index in [2.05, 4.69) is 5.32 Å². The monoisotopic (exact) mass is 279 g/mol. The summed E-state index contributed by atoms with van der Waals surface area (Å²) in [6, 6.07) is 4.61. The van der Waals surface area contributed by atoms with Crippen LogP contribution in [0.1, 0.15) is 34.6 Å². The molecule has 6 nitrogen and oxygen atoms in total. The van der Waals surface area contributed by atoms with Crippen LogP contribution in [0.15, 0.2) is 24.3 Å². The fourth-order valence-electron chi connectivity index (χ4n) is 1.71. The first-order valence-corrected chi connectivity index (χ1v) is 6.14. The zero-order valence-corrected chi connectivity index (χ0v) is 11.3. The first kappa shape index (κ1) is 15.8. The summed E-state index contributed by atoms with van der Waals surface area (Å²) in [4.78, 5) is 34.2. The number of aromatic carboxylic acids is 1. The molecule has 1 aromatic carbocycles. The number of hydrogen-bond donors (Lipinski definition) is 3. The van der Waals surface area contributed by atoms with E-state index in [-0.39, 0.29) is 17.0 Å². The number of aliphatic hydroxyl groups excluding tert-OH is 1. The van der Waals surface area contributed by atoms with E-state index in [9.17, 15) is 14.4 Å². The lowest BCUT2D eigenvalue weighted by Crippen LogP contribution is -2.45. The van der Waals surface area contributed by atoms with Crippen molar-refractivity contribution in [1.82, 2.24) is 5.32 Å². The molecule has 0 fully saturated rings. The zero-order chi connectivity index (χ0) is 15.3.